The molecule has 0 bridgehead atoms. The number of anilines is 1. The van der Waals surface area contributed by atoms with Crippen LogP contribution < -0.4 is 19.1 Å². The molecule has 0 radical (unpaired) electrons. The topological polar surface area (TPSA) is 114 Å². The molecular weight excluding hydrogens is 474 g/mol. The first-order valence-electron chi connectivity index (χ1n) is 11.7. The summed E-state index contributed by atoms with van der Waals surface area (Å²) in [7, 11) is 3.12. The van der Waals surface area contributed by atoms with Gasteiger partial charge in [0.05, 0.1) is 43.5 Å². The molecule has 6 rings (SSSR count). The number of H-pyrrole nitrogens is 1. The summed E-state index contributed by atoms with van der Waals surface area (Å²) < 4.78 is 16.1. The lowest BCUT2D eigenvalue weighted by atomic mass is 9.94. The minimum absolute atomic E-state index is 0.0212. The van der Waals surface area contributed by atoms with Gasteiger partial charge in [-0.15, -0.1) is 0 Å². The minimum atomic E-state index is -0.919. The van der Waals surface area contributed by atoms with Crippen molar-refractivity contribution in [2.45, 2.75) is 12.5 Å². The summed E-state index contributed by atoms with van der Waals surface area (Å²) in [4.78, 5) is 35.9. The van der Waals surface area contributed by atoms with Crippen LogP contribution in [-0.2, 0) is 16.0 Å². The number of aliphatic hydroxyl groups is 1. The molecule has 3 heterocycles. The molecule has 1 unspecified atom stereocenters. The largest absolute Gasteiger partial charge is 0.507 e. The smallest absolute Gasteiger partial charge is 0.302 e. The summed E-state index contributed by atoms with van der Waals surface area (Å²) in [5.74, 6) is 0.335. The SMILES string of the molecule is COc1ccc(C2/C(=C(\O)c3ccc4c(c3)CCO4)C(=O)C(=O)N2c2nc3ccc(OC)cc3[nH]2)cc1. The average molecular weight is 498 g/mol. The molecule has 1 fully saturated rings. The summed E-state index contributed by atoms with van der Waals surface area (Å²) >= 11 is 0. The lowest BCUT2D eigenvalue weighted by Crippen LogP contribution is -2.30. The van der Waals surface area contributed by atoms with Gasteiger partial charge in [-0.3, -0.25) is 14.5 Å². The van der Waals surface area contributed by atoms with Crippen LogP contribution in [0.4, 0.5) is 5.95 Å². The number of fused-ring (bicyclic) bond motifs is 2. The summed E-state index contributed by atoms with van der Waals surface area (Å²) in [5, 5.41) is 11.4. The van der Waals surface area contributed by atoms with Crippen LogP contribution in [-0.4, -0.2) is 47.6 Å². The van der Waals surface area contributed by atoms with Crippen molar-refractivity contribution in [1.29, 1.82) is 0 Å². The third-order valence-electron chi connectivity index (χ3n) is 6.74. The van der Waals surface area contributed by atoms with Crippen LogP contribution in [0.15, 0.2) is 66.2 Å². The molecule has 2 N–H and O–H groups in total. The van der Waals surface area contributed by atoms with Gasteiger partial charge in [0.1, 0.15) is 23.0 Å². The molecule has 0 aliphatic carbocycles. The van der Waals surface area contributed by atoms with Crippen molar-refractivity contribution >= 4 is 34.4 Å². The Bertz CT molecular complexity index is 1590. The lowest BCUT2D eigenvalue weighted by molar-refractivity contribution is -0.132. The summed E-state index contributed by atoms with van der Waals surface area (Å²) in [6.45, 7) is 0.562. The highest BCUT2D eigenvalue weighted by molar-refractivity contribution is 6.51. The van der Waals surface area contributed by atoms with Gasteiger partial charge in [-0.25, -0.2) is 4.98 Å². The first-order valence-corrected chi connectivity index (χ1v) is 11.7. The quantitative estimate of drug-likeness (QED) is 0.242. The number of Topliss-reactive ketones (excluding diaryl/α,β-unsaturated/α-hetero) is 1. The third kappa shape index (κ3) is 3.67. The number of hydrogen-bond donors (Lipinski definition) is 2. The molecule has 9 heteroatoms. The van der Waals surface area contributed by atoms with E-state index in [-0.39, 0.29) is 17.3 Å². The summed E-state index contributed by atoms with van der Waals surface area (Å²) in [5.41, 5.74) is 3.21. The van der Waals surface area contributed by atoms with Crippen molar-refractivity contribution in [2.24, 2.45) is 0 Å². The normalized spacial score (nSPS) is 18.2. The van der Waals surface area contributed by atoms with Crippen LogP contribution >= 0.6 is 0 Å². The number of aromatic amines is 1. The van der Waals surface area contributed by atoms with Crippen molar-refractivity contribution < 1.29 is 28.9 Å². The fraction of sp³-hybridized carbons (Fsp3) is 0.179. The van der Waals surface area contributed by atoms with Crippen molar-refractivity contribution in [3.63, 3.8) is 0 Å². The van der Waals surface area contributed by atoms with Gasteiger partial charge in [0.2, 0.25) is 5.95 Å². The number of methoxy groups -OCH3 is 2. The van der Waals surface area contributed by atoms with E-state index in [4.69, 9.17) is 14.2 Å². The molecule has 4 aromatic rings. The van der Waals surface area contributed by atoms with E-state index in [0.29, 0.717) is 46.7 Å². The second-order valence-corrected chi connectivity index (χ2v) is 8.81. The van der Waals surface area contributed by atoms with E-state index in [0.717, 1.165) is 11.3 Å². The van der Waals surface area contributed by atoms with E-state index in [2.05, 4.69) is 9.97 Å². The molecule has 1 aromatic heterocycles. The number of aliphatic hydroxyl groups excluding tert-OH is 1. The fourth-order valence-electron chi connectivity index (χ4n) is 4.86. The Hall–Kier alpha value is -4.79. The number of amides is 1. The predicted molar refractivity (Wildman–Crippen MR) is 136 cm³/mol. The number of benzene rings is 3. The number of nitrogens with zero attached hydrogens (tertiary/aromatic N) is 2. The monoisotopic (exact) mass is 497 g/mol. The molecule has 1 saturated heterocycles. The number of hydrogen-bond acceptors (Lipinski definition) is 7. The maximum atomic E-state index is 13.4. The van der Waals surface area contributed by atoms with E-state index >= 15 is 0 Å². The fourth-order valence-corrected chi connectivity index (χ4v) is 4.86. The lowest BCUT2D eigenvalue weighted by Gasteiger charge is -2.23. The Morgan fingerprint density at radius 2 is 1.78 bits per heavy atom. The highest BCUT2D eigenvalue weighted by atomic mass is 16.5. The number of carbonyl (C=O) groups excluding carboxylic acids is 2. The van der Waals surface area contributed by atoms with E-state index in [9.17, 15) is 14.7 Å². The van der Waals surface area contributed by atoms with Crippen LogP contribution in [0.1, 0.15) is 22.7 Å². The zero-order chi connectivity index (χ0) is 25.7. The van der Waals surface area contributed by atoms with Gasteiger partial charge < -0.3 is 24.3 Å². The Morgan fingerprint density at radius 1 is 1.03 bits per heavy atom. The molecule has 2 aliphatic rings. The van der Waals surface area contributed by atoms with Gasteiger partial charge in [-0.1, -0.05) is 12.1 Å². The van der Waals surface area contributed by atoms with Gasteiger partial charge in [0, 0.05) is 18.1 Å². The molecule has 0 spiro atoms. The zero-order valence-corrected chi connectivity index (χ0v) is 20.1. The number of ether oxygens (including phenoxy) is 3. The summed E-state index contributed by atoms with van der Waals surface area (Å²) in [6.07, 6.45) is 0.704. The number of rotatable bonds is 5. The maximum Gasteiger partial charge on any atom is 0.302 e. The van der Waals surface area contributed by atoms with Crippen molar-refractivity contribution in [2.75, 3.05) is 25.7 Å². The van der Waals surface area contributed by atoms with Crippen LogP contribution in [0.3, 0.4) is 0 Å². The zero-order valence-electron chi connectivity index (χ0n) is 20.1. The van der Waals surface area contributed by atoms with Crippen molar-refractivity contribution in [1.82, 2.24) is 9.97 Å². The third-order valence-corrected chi connectivity index (χ3v) is 6.74. The molecule has 1 atom stereocenters. The van der Waals surface area contributed by atoms with Gasteiger partial charge in [-0.2, -0.15) is 0 Å². The van der Waals surface area contributed by atoms with Crippen LogP contribution in [0.5, 0.6) is 17.2 Å². The molecule has 9 nitrogen and oxygen atoms in total. The Labute approximate surface area is 211 Å². The molecule has 2 aliphatic heterocycles. The van der Waals surface area contributed by atoms with Gasteiger partial charge >= 0.3 is 5.91 Å². The highest BCUT2D eigenvalue weighted by Crippen LogP contribution is 2.42. The van der Waals surface area contributed by atoms with E-state index in [1.807, 2.05) is 0 Å². The van der Waals surface area contributed by atoms with Crippen molar-refractivity contribution in [3.05, 3.63) is 82.9 Å². The molecule has 3 aromatic carbocycles. The molecule has 37 heavy (non-hydrogen) atoms. The van der Waals surface area contributed by atoms with E-state index < -0.39 is 17.7 Å². The van der Waals surface area contributed by atoms with E-state index in [1.54, 1.807) is 74.9 Å². The summed E-state index contributed by atoms with van der Waals surface area (Å²) in [6, 6.07) is 16.6. The Balaban J connectivity index is 1.53. The van der Waals surface area contributed by atoms with Crippen LogP contribution in [0.25, 0.3) is 16.8 Å². The first-order chi connectivity index (χ1) is 18.0. The van der Waals surface area contributed by atoms with Crippen LogP contribution in [0.2, 0.25) is 0 Å². The number of carbonyl (C=O) groups is 2. The Morgan fingerprint density at radius 3 is 2.54 bits per heavy atom. The van der Waals surface area contributed by atoms with Gasteiger partial charge in [0.15, 0.2) is 0 Å². The second kappa shape index (κ2) is 8.70. The maximum absolute atomic E-state index is 13.4. The first kappa shape index (κ1) is 22.7. The molecule has 186 valence electrons. The molecular formula is C28H23N3O6. The minimum Gasteiger partial charge on any atom is -0.507 e. The highest BCUT2D eigenvalue weighted by Gasteiger charge is 2.48. The number of ketones is 1. The Kier molecular flexibility index (Phi) is 5.33. The standard InChI is InChI=1S/C28H23N3O6/c1-35-18-6-3-15(4-7-18)24-23(25(32)17-5-10-22-16(13-17)11-12-37-22)26(33)27(34)31(24)28-29-20-9-8-19(36-2)14-21(20)30-28/h3-10,13-14,24,32H,11-12H2,1-2H3,(H,29,30)/b25-23+. The number of imidazole rings is 1. The average Bonchev–Trinajstić information content (AvgIpc) is 3.63. The number of nitrogens with one attached hydrogen (secondary N) is 1. The van der Waals surface area contributed by atoms with Crippen LogP contribution in [0, 0.1) is 0 Å². The van der Waals surface area contributed by atoms with E-state index in [1.165, 1.54) is 4.90 Å². The molecule has 1 amide bonds. The van der Waals surface area contributed by atoms with Gasteiger partial charge in [0.25, 0.3) is 5.78 Å². The molecule has 0 saturated carbocycles. The number of aromatic nitrogens is 2. The second-order valence-electron chi connectivity index (χ2n) is 8.81. The van der Waals surface area contributed by atoms with Crippen molar-refractivity contribution in [3.8, 4) is 17.2 Å². The van der Waals surface area contributed by atoms with Gasteiger partial charge in [-0.05, 0) is 53.6 Å². The predicted octanol–water partition coefficient (Wildman–Crippen LogP) is 4.14.